The van der Waals surface area contributed by atoms with Crippen LogP contribution in [0.15, 0.2) is 42.7 Å². The van der Waals surface area contributed by atoms with E-state index in [2.05, 4.69) is 22.7 Å². The lowest BCUT2D eigenvalue weighted by molar-refractivity contribution is -0.123. The average Bonchev–Trinajstić information content (AvgIpc) is 3.13. The van der Waals surface area contributed by atoms with Gasteiger partial charge in [0.05, 0.1) is 13.1 Å². The van der Waals surface area contributed by atoms with Crippen molar-refractivity contribution in [2.75, 3.05) is 19.6 Å². The number of carbonyl (C=O) groups excluding carboxylic acids is 2. The lowest BCUT2D eigenvalue weighted by atomic mass is 10.1. The van der Waals surface area contributed by atoms with Crippen LogP contribution in [0.3, 0.4) is 0 Å². The van der Waals surface area contributed by atoms with Gasteiger partial charge in [-0.1, -0.05) is 12.1 Å². The van der Waals surface area contributed by atoms with Crippen LogP contribution in [0.4, 0.5) is 0 Å². The molecule has 1 saturated heterocycles. The summed E-state index contributed by atoms with van der Waals surface area (Å²) in [5.74, 6) is -0.201. The summed E-state index contributed by atoms with van der Waals surface area (Å²) >= 11 is 0. The van der Waals surface area contributed by atoms with Crippen molar-refractivity contribution in [3.8, 4) is 0 Å². The number of hydrogen-bond acceptors (Lipinski definition) is 4. The summed E-state index contributed by atoms with van der Waals surface area (Å²) < 4.78 is 1.90. The first kappa shape index (κ1) is 17.2. The molecule has 132 valence electrons. The van der Waals surface area contributed by atoms with Crippen molar-refractivity contribution in [3.05, 3.63) is 53.9 Å². The molecule has 25 heavy (non-hydrogen) atoms. The summed E-state index contributed by atoms with van der Waals surface area (Å²) in [6.45, 7) is 4.84. The van der Waals surface area contributed by atoms with Crippen molar-refractivity contribution in [1.29, 1.82) is 0 Å². The lowest BCUT2D eigenvalue weighted by Crippen LogP contribution is -2.49. The Balaban J connectivity index is 1.51. The van der Waals surface area contributed by atoms with E-state index in [0.29, 0.717) is 18.7 Å². The van der Waals surface area contributed by atoms with Gasteiger partial charge in [-0.2, -0.15) is 5.10 Å². The normalized spacial score (nSPS) is 15.7. The summed E-state index contributed by atoms with van der Waals surface area (Å²) in [4.78, 5) is 25.4. The third-order valence-corrected chi connectivity index (χ3v) is 4.20. The summed E-state index contributed by atoms with van der Waals surface area (Å²) in [6.07, 6.45) is 3.72. The molecule has 0 aliphatic carbocycles. The molecule has 0 unspecified atom stereocenters. The summed E-state index contributed by atoms with van der Waals surface area (Å²) in [5, 5.41) is 10.4. The first-order valence-corrected chi connectivity index (χ1v) is 8.47. The molecule has 0 spiro atoms. The third kappa shape index (κ3) is 4.67. The zero-order valence-corrected chi connectivity index (χ0v) is 14.3. The minimum absolute atomic E-state index is 0.0959. The molecule has 3 rings (SSSR count). The maximum Gasteiger partial charge on any atom is 0.254 e. The molecular formula is C18H23N5O2. The van der Waals surface area contributed by atoms with Crippen LogP contribution in [0.2, 0.25) is 0 Å². The highest BCUT2D eigenvalue weighted by molar-refractivity contribution is 5.97. The zero-order chi connectivity index (χ0) is 17.6. The number of piperazine rings is 1. The third-order valence-electron chi connectivity index (χ3n) is 4.20. The predicted molar refractivity (Wildman–Crippen MR) is 93.9 cm³/mol. The molecule has 1 aliphatic rings. The zero-order valence-electron chi connectivity index (χ0n) is 14.3. The number of amides is 2. The minimum Gasteiger partial charge on any atom is -0.353 e. The van der Waals surface area contributed by atoms with Gasteiger partial charge in [-0.15, -0.1) is 0 Å². The van der Waals surface area contributed by atoms with E-state index < -0.39 is 0 Å². The van der Waals surface area contributed by atoms with Gasteiger partial charge in [-0.3, -0.25) is 14.3 Å². The van der Waals surface area contributed by atoms with E-state index in [9.17, 15) is 9.59 Å². The second-order valence-corrected chi connectivity index (χ2v) is 6.28. The highest BCUT2D eigenvalue weighted by Crippen LogP contribution is 2.09. The van der Waals surface area contributed by atoms with Gasteiger partial charge in [0.2, 0.25) is 5.91 Å². The Labute approximate surface area is 147 Å². The van der Waals surface area contributed by atoms with Crippen LogP contribution in [0.5, 0.6) is 0 Å². The summed E-state index contributed by atoms with van der Waals surface area (Å²) in [7, 11) is 0. The van der Waals surface area contributed by atoms with E-state index in [4.69, 9.17) is 0 Å². The van der Waals surface area contributed by atoms with Gasteiger partial charge in [-0.25, -0.2) is 0 Å². The van der Waals surface area contributed by atoms with E-state index in [0.717, 1.165) is 18.7 Å². The fourth-order valence-corrected chi connectivity index (χ4v) is 2.81. The van der Waals surface area contributed by atoms with Gasteiger partial charge in [0.15, 0.2) is 0 Å². The number of hydrogen-bond donors (Lipinski definition) is 2. The van der Waals surface area contributed by atoms with Gasteiger partial charge in [0.1, 0.15) is 0 Å². The molecule has 2 N–H and O–H groups in total. The Kier molecular flexibility index (Phi) is 5.45. The molecular weight excluding hydrogens is 318 g/mol. The number of aromatic nitrogens is 2. The minimum atomic E-state index is -0.105. The maximum absolute atomic E-state index is 12.4. The molecule has 1 aliphatic heterocycles. The van der Waals surface area contributed by atoms with Crippen molar-refractivity contribution >= 4 is 11.8 Å². The Morgan fingerprint density at radius 1 is 1.36 bits per heavy atom. The molecule has 0 bridgehead atoms. The van der Waals surface area contributed by atoms with Crippen molar-refractivity contribution in [1.82, 2.24) is 25.3 Å². The van der Waals surface area contributed by atoms with Crippen molar-refractivity contribution < 1.29 is 9.59 Å². The Morgan fingerprint density at radius 2 is 2.16 bits per heavy atom. The van der Waals surface area contributed by atoms with Gasteiger partial charge >= 0.3 is 0 Å². The van der Waals surface area contributed by atoms with Crippen LogP contribution >= 0.6 is 0 Å². The van der Waals surface area contributed by atoms with Crippen LogP contribution in [-0.4, -0.2) is 52.2 Å². The van der Waals surface area contributed by atoms with Gasteiger partial charge < -0.3 is 15.5 Å². The number of nitrogens with one attached hydrogen (secondary N) is 2. The molecule has 1 aromatic heterocycles. The highest BCUT2D eigenvalue weighted by atomic mass is 16.2. The quantitative estimate of drug-likeness (QED) is 0.808. The van der Waals surface area contributed by atoms with Crippen LogP contribution in [0, 0.1) is 0 Å². The molecule has 2 amide bonds. The molecule has 1 aromatic carbocycles. The van der Waals surface area contributed by atoms with E-state index in [1.54, 1.807) is 11.1 Å². The fraction of sp³-hybridized carbons (Fsp3) is 0.389. The smallest absolute Gasteiger partial charge is 0.254 e. The maximum atomic E-state index is 12.4. The first-order chi connectivity index (χ1) is 12.1. The van der Waals surface area contributed by atoms with E-state index >= 15 is 0 Å². The highest BCUT2D eigenvalue weighted by Gasteiger charge is 2.22. The van der Waals surface area contributed by atoms with E-state index in [-0.39, 0.29) is 24.4 Å². The first-order valence-electron chi connectivity index (χ1n) is 8.47. The number of rotatable bonds is 6. The number of benzene rings is 1. The molecule has 7 heteroatoms. The topological polar surface area (TPSA) is 79.3 Å². The average molecular weight is 341 g/mol. The van der Waals surface area contributed by atoms with Crippen molar-refractivity contribution in [3.63, 3.8) is 0 Å². The van der Waals surface area contributed by atoms with Crippen LogP contribution in [0.1, 0.15) is 22.8 Å². The lowest BCUT2D eigenvalue weighted by Gasteiger charge is -2.26. The number of nitrogens with zero attached hydrogens (tertiary/aromatic N) is 3. The van der Waals surface area contributed by atoms with Crippen LogP contribution in [0.25, 0.3) is 0 Å². The van der Waals surface area contributed by atoms with Gasteiger partial charge in [-0.05, 0) is 30.7 Å². The second-order valence-electron chi connectivity index (χ2n) is 6.28. The largest absolute Gasteiger partial charge is 0.353 e. The molecule has 0 saturated carbocycles. The molecule has 2 heterocycles. The van der Waals surface area contributed by atoms with Gasteiger partial charge in [0.25, 0.3) is 5.91 Å². The van der Waals surface area contributed by atoms with E-state index in [1.165, 1.54) is 0 Å². The summed E-state index contributed by atoms with van der Waals surface area (Å²) in [5.41, 5.74) is 1.73. The van der Waals surface area contributed by atoms with E-state index in [1.807, 2.05) is 41.2 Å². The monoisotopic (exact) mass is 341 g/mol. The molecule has 0 radical (unpaired) electrons. The van der Waals surface area contributed by atoms with Crippen LogP contribution < -0.4 is 10.6 Å². The standard InChI is InChI=1S/C18H23N5O2/c1-14(12-23-9-2-7-21-23)20-11-15-3-5-16(6-4-15)18(25)22-10-8-19-17(24)13-22/h2-7,9,14,20H,8,10-13H2,1H3,(H,19,24)/t14-/m0/s1. The molecule has 1 fully saturated rings. The van der Waals surface area contributed by atoms with Gasteiger partial charge in [0, 0.05) is 43.6 Å². The number of carbonyl (C=O) groups is 2. The molecule has 7 nitrogen and oxygen atoms in total. The van der Waals surface area contributed by atoms with Crippen molar-refractivity contribution in [2.24, 2.45) is 0 Å². The van der Waals surface area contributed by atoms with Crippen molar-refractivity contribution in [2.45, 2.75) is 26.1 Å². The Morgan fingerprint density at radius 3 is 2.84 bits per heavy atom. The summed E-state index contributed by atoms with van der Waals surface area (Å²) in [6, 6.07) is 9.74. The Bertz CT molecular complexity index is 712. The fourth-order valence-electron chi connectivity index (χ4n) is 2.81. The second kappa shape index (κ2) is 7.94. The molecule has 2 aromatic rings. The van der Waals surface area contributed by atoms with Crippen LogP contribution in [-0.2, 0) is 17.9 Å². The molecule has 1 atom stereocenters. The predicted octanol–water partition coefficient (Wildman–Crippen LogP) is 0.633. The SMILES string of the molecule is C[C@@H](Cn1cccn1)NCc1ccc(C(=O)N2CCNC(=O)C2)cc1. The Hall–Kier alpha value is -2.67.